The highest BCUT2D eigenvalue weighted by atomic mass is 35.5. The summed E-state index contributed by atoms with van der Waals surface area (Å²) in [4.78, 5) is 49.5. The molecule has 0 aliphatic carbocycles. The van der Waals surface area contributed by atoms with Crippen molar-refractivity contribution in [1.29, 1.82) is 0 Å². The van der Waals surface area contributed by atoms with E-state index in [-0.39, 0.29) is 19.6 Å². The van der Waals surface area contributed by atoms with E-state index in [9.17, 15) is 42.6 Å². The Morgan fingerprint density at radius 3 is 1.36 bits per heavy atom. The number of carbonyl (C=O) groups excluding carboxylic acids is 2. The highest BCUT2D eigenvalue weighted by Crippen LogP contribution is 2.29. The molecule has 0 aliphatic rings. The summed E-state index contributed by atoms with van der Waals surface area (Å²) in [7, 11) is 0. The molecule has 0 unspecified atom stereocenters. The molecule has 0 atom stereocenters. The number of halogens is 4. The summed E-state index contributed by atoms with van der Waals surface area (Å²) in [6.45, 7) is 4.87. The molecule has 0 radical (unpaired) electrons. The van der Waals surface area contributed by atoms with Crippen LogP contribution in [0.1, 0.15) is 141 Å². The summed E-state index contributed by atoms with van der Waals surface area (Å²) in [6, 6.07) is 35.1. The normalized spacial score (nSPS) is 10.9. The number of carboxylic acids is 2. The van der Waals surface area contributed by atoms with Crippen molar-refractivity contribution in [2.75, 3.05) is 6.54 Å². The molecule has 12 heteroatoms. The van der Waals surface area contributed by atoms with Crippen LogP contribution in [-0.2, 0) is 64.3 Å². The van der Waals surface area contributed by atoms with Crippen LogP contribution in [0, 0.1) is 11.8 Å². The Balaban J connectivity index is 0.000000305. The molecule has 0 saturated heterocycles. The maximum atomic E-state index is 12.8. The van der Waals surface area contributed by atoms with Crippen molar-refractivity contribution in [3.05, 3.63) is 176 Å². The zero-order valence-electron chi connectivity index (χ0n) is 40.4. The number of carbonyl (C=O) groups is 4. The molecule has 0 heterocycles. The minimum absolute atomic E-state index is 0.0148. The second-order valence-corrected chi connectivity index (χ2v) is 18.0. The first-order valence-electron chi connectivity index (χ1n) is 24.4. The van der Waals surface area contributed by atoms with E-state index in [1.807, 2.05) is 42.5 Å². The number of aryl methyl sites for hydroxylation is 2. The maximum absolute atomic E-state index is 12.8. The summed E-state index contributed by atoms with van der Waals surface area (Å²) in [5.41, 5.74) is 6.38. The second kappa shape index (κ2) is 30.3. The van der Waals surface area contributed by atoms with Crippen LogP contribution in [0.25, 0.3) is 0 Å². The minimum atomic E-state index is -4.47. The van der Waals surface area contributed by atoms with Crippen LogP contribution in [0.2, 0.25) is 5.02 Å². The van der Waals surface area contributed by atoms with Crippen molar-refractivity contribution >= 4 is 35.4 Å². The van der Waals surface area contributed by atoms with E-state index in [4.69, 9.17) is 11.6 Å². The number of hydrogen-bond donors (Lipinski definition) is 2. The van der Waals surface area contributed by atoms with Gasteiger partial charge in [-0.2, -0.15) is 13.2 Å². The van der Waals surface area contributed by atoms with Crippen LogP contribution in [0.3, 0.4) is 0 Å². The van der Waals surface area contributed by atoms with Crippen LogP contribution in [0.4, 0.5) is 13.2 Å². The Bertz CT molecular complexity index is 2450. The fourth-order valence-electron chi connectivity index (χ4n) is 7.74. The number of hydrogen-bond acceptors (Lipinski definition) is 4. The smallest absolute Gasteiger partial charge is 0.416 e. The summed E-state index contributed by atoms with van der Waals surface area (Å²) in [5, 5.41) is 19.0. The highest BCUT2D eigenvalue weighted by molar-refractivity contribution is 6.32. The molecule has 372 valence electrons. The average Bonchev–Trinajstić information content (AvgIpc) is 3.35. The molecule has 2 N–H and O–H groups in total. The lowest BCUT2D eigenvalue weighted by Crippen LogP contribution is -2.37. The van der Waals surface area contributed by atoms with Gasteiger partial charge < -0.3 is 20.0 Å². The summed E-state index contributed by atoms with van der Waals surface area (Å²) in [5.74, 6) is 1.12. The van der Waals surface area contributed by atoms with Gasteiger partial charge in [0.05, 0.1) is 5.56 Å². The fourth-order valence-corrected chi connectivity index (χ4v) is 7.95. The SMILES string of the molecule is CCCCCCCCCCCCc1ccc(CN(CCc2cccc(Cl)c2)C(=O)C(=O)O)cc1.CCCCc1ccc(C#Cc2ccc(CN(Cc3ccc(C(F)(F)F)cc3)C(=O)C(=O)O)cc2)cc1. The lowest BCUT2D eigenvalue weighted by Gasteiger charge is -2.21. The number of carboxylic acid groups (broad SMARTS) is 2. The van der Waals surface area contributed by atoms with Crippen molar-refractivity contribution in [2.45, 2.75) is 136 Å². The van der Waals surface area contributed by atoms with Gasteiger partial charge in [0, 0.05) is 42.3 Å². The molecule has 0 fully saturated rings. The van der Waals surface area contributed by atoms with Crippen LogP contribution in [-0.4, -0.2) is 50.3 Å². The summed E-state index contributed by atoms with van der Waals surface area (Å²) in [6.07, 6.45) is 13.8. The Kier molecular flexibility index (Phi) is 24.3. The molecule has 0 bridgehead atoms. The number of aliphatic carboxylic acids is 2. The van der Waals surface area contributed by atoms with Gasteiger partial charge in [-0.3, -0.25) is 9.59 Å². The zero-order valence-corrected chi connectivity index (χ0v) is 41.2. The Morgan fingerprint density at radius 2 is 0.886 bits per heavy atom. The van der Waals surface area contributed by atoms with Crippen molar-refractivity contribution in [3.63, 3.8) is 0 Å². The molecular formula is C58H66ClF3N2O6. The van der Waals surface area contributed by atoms with Gasteiger partial charge in [-0.25, -0.2) is 9.59 Å². The van der Waals surface area contributed by atoms with Crippen molar-refractivity contribution in [3.8, 4) is 11.8 Å². The number of alkyl halides is 3. The largest absolute Gasteiger partial charge is 0.474 e. The first-order valence-corrected chi connectivity index (χ1v) is 24.8. The van der Waals surface area contributed by atoms with E-state index < -0.39 is 35.5 Å². The Hall–Kier alpha value is -6.38. The molecular weight excluding hydrogens is 913 g/mol. The average molecular weight is 980 g/mol. The van der Waals surface area contributed by atoms with Gasteiger partial charge in [0.25, 0.3) is 0 Å². The molecule has 8 nitrogen and oxygen atoms in total. The number of amides is 2. The van der Waals surface area contributed by atoms with Crippen molar-refractivity contribution in [2.24, 2.45) is 0 Å². The predicted octanol–water partition coefficient (Wildman–Crippen LogP) is 13.5. The predicted molar refractivity (Wildman–Crippen MR) is 271 cm³/mol. The quantitative estimate of drug-likeness (QED) is 0.0383. The van der Waals surface area contributed by atoms with E-state index in [1.165, 1.54) is 92.4 Å². The molecule has 2 amide bonds. The van der Waals surface area contributed by atoms with Gasteiger partial charge in [0.2, 0.25) is 0 Å². The second-order valence-electron chi connectivity index (χ2n) is 17.6. The molecule has 5 aromatic carbocycles. The highest BCUT2D eigenvalue weighted by Gasteiger charge is 2.30. The van der Waals surface area contributed by atoms with Crippen molar-refractivity contribution in [1.82, 2.24) is 9.80 Å². The van der Waals surface area contributed by atoms with Crippen molar-refractivity contribution < 1.29 is 42.6 Å². The standard InChI is InChI=1S/C29H40ClNO3.C29H26F3NO3/c1-2-3-4-5-6-7-8-9-10-11-13-24-16-18-26(19-17-24)23-31(28(32)29(33)34)21-20-25-14-12-15-27(30)22-25;1-2-3-4-21-5-7-22(8-6-21)9-10-23-11-13-24(14-12-23)19-33(27(34)28(35)36)20-25-15-17-26(18-16-25)29(30,31)32/h12,14-19,22H,2-11,13,20-21,23H2,1H3,(H,33,34);5-8,11-18H,2-4,19-20H2,1H3,(H,35,36). The van der Waals surface area contributed by atoms with Gasteiger partial charge >= 0.3 is 29.9 Å². The third-order valence-electron chi connectivity index (χ3n) is 11.8. The van der Waals surface area contributed by atoms with Gasteiger partial charge in [0.15, 0.2) is 0 Å². The first kappa shape index (κ1) is 56.2. The number of nitrogens with zero attached hydrogens (tertiary/aromatic N) is 2. The molecule has 70 heavy (non-hydrogen) atoms. The third kappa shape index (κ3) is 21.1. The van der Waals surface area contributed by atoms with E-state index in [0.29, 0.717) is 29.1 Å². The molecule has 5 rings (SSSR count). The van der Waals surface area contributed by atoms with Crippen LogP contribution in [0.5, 0.6) is 0 Å². The Morgan fingerprint density at radius 1 is 0.486 bits per heavy atom. The molecule has 0 saturated carbocycles. The third-order valence-corrected chi connectivity index (χ3v) is 12.1. The van der Waals surface area contributed by atoms with E-state index in [1.54, 1.807) is 30.3 Å². The maximum Gasteiger partial charge on any atom is 0.416 e. The monoisotopic (exact) mass is 978 g/mol. The first-order chi connectivity index (χ1) is 33.6. The van der Waals surface area contributed by atoms with Crippen LogP contribution < -0.4 is 0 Å². The molecule has 0 spiro atoms. The number of benzene rings is 5. The van der Waals surface area contributed by atoms with Gasteiger partial charge in [-0.15, -0.1) is 0 Å². The number of unbranched alkanes of at least 4 members (excludes halogenated alkanes) is 10. The van der Waals surface area contributed by atoms with Crippen LogP contribution >= 0.6 is 11.6 Å². The fraction of sp³-hybridized carbons (Fsp3) is 0.379. The lowest BCUT2D eigenvalue weighted by atomic mass is 10.0. The topological polar surface area (TPSA) is 115 Å². The molecule has 0 aromatic heterocycles. The molecule has 5 aromatic rings. The van der Waals surface area contributed by atoms with E-state index in [2.05, 4.69) is 50.0 Å². The van der Waals surface area contributed by atoms with Gasteiger partial charge in [0.1, 0.15) is 0 Å². The zero-order chi connectivity index (χ0) is 50.7. The Labute approximate surface area is 416 Å². The minimum Gasteiger partial charge on any atom is -0.474 e. The van der Waals surface area contributed by atoms with E-state index in [0.717, 1.165) is 65.0 Å². The summed E-state index contributed by atoms with van der Waals surface area (Å²) >= 11 is 6.03. The lowest BCUT2D eigenvalue weighted by molar-refractivity contribution is -0.156. The van der Waals surface area contributed by atoms with Crippen LogP contribution in [0.15, 0.2) is 121 Å². The van der Waals surface area contributed by atoms with Gasteiger partial charge in [-0.1, -0.05) is 174 Å². The van der Waals surface area contributed by atoms with Gasteiger partial charge in [-0.05, 0) is 114 Å². The van der Waals surface area contributed by atoms with E-state index >= 15 is 0 Å². The molecule has 0 aliphatic heterocycles. The number of rotatable bonds is 23. The summed E-state index contributed by atoms with van der Waals surface area (Å²) < 4.78 is 38.4.